The predicted molar refractivity (Wildman–Crippen MR) is 99.0 cm³/mol. The maximum absolute atomic E-state index is 14.0. The smallest absolute Gasteiger partial charge is 0.195 e. The van der Waals surface area contributed by atoms with Gasteiger partial charge in [0.05, 0.1) is 0 Å². The van der Waals surface area contributed by atoms with Crippen molar-refractivity contribution in [1.82, 2.24) is 0 Å². The molecule has 1 aromatic carbocycles. The molecule has 22 heteroatoms. The first-order valence-electron chi connectivity index (χ1n) is 9.15. The molecular formula is C18H6F21I. The van der Waals surface area contributed by atoms with Gasteiger partial charge in [0.25, 0.3) is 0 Å². The maximum atomic E-state index is 14.0. The van der Waals surface area contributed by atoms with Crippen LogP contribution in [0.15, 0.2) is 36.4 Å². The molecule has 1 rings (SSSR count). The molecule has 0 aliphatic carbocycles. The Morgan fingerprint density at radius 3 is 1.00 bits per heavy atom. The highest BCUT2D eigenvalue weighted by molar-refractivity contribution is 14.1. The molecule has 0 atom stereocenters. The molecule has 0 bridgehead atoms. The fraction of sp³-hybridized carbons (Fsp3) is 0.556. The van der Waals surface area contributed by atoms with E-state index < -0.39 is 74.7 Å². The first-order chi connectivity index (χ1) is 17.2. The van der Waals surface area contributed by atoms with Crippen molar-refractivity contribution in [2.45, 2.75) is 59.5 Å². The number of rotatable bonds is 10. The van der Waals surface area contributed by atoms with Crippen LogP contribution in [0.3, 0.4) is 0 Å². The van der Waals surface area contributed by atoms with E-state index in [9.17, 15) is 92.2 Å². The van der Waals surface area contributed by atoms with Gasteiger partial charge in [-0.3, -0.25) is 0 Å². The van der Waals surface area contributed by atoms with Gasteiger partial charge >= 0.3 is 59.5 Å². The average molecular weight is 748 g/mol. The van der Waals surface area contributed by atoms with Crippen molar-refractivity contribution in [2.24, 2.45) is 0 Å². The standard InChI is InChI=1S/C18H6F21I/c19-9(20,6-8(40)7-4-2-1-3-5-7)10(21,22)11(23,24)12(25,26)13(27,28)14(29,30)15(31,32)16(33,34)17(35,36)18(37,38)39/h1-6H/b8-6-. The highest BCUT2D eigenvalue weighted by Crippen LogP contribution is 2.66. The van der Waals surface area contributed by atoms with Crippen molar-refractivity contribution in [3.05, 3.63) is 42.0 Å². The van der Waals surface area contributed by atoms with E-state index in [2.05, 4.69) is 0 Å². The lowest BCUT2D eigenvalue weighted by Gasteiger charge is -2.44. The second kappa shape index (κ2) is 9.90. The van der Waals surface area contributed by atoms with Gasteiger partial charge in [-0.05, 0) is 28.2 Å². The van der Waals surface area contributed by atoms with E-state index in [1.165, 1.54) is 6.07 Å². The van der Waals surface area contributed by atoms with Crippen LogP contribution in [0.4, 0.5) is 92.2 Å². The Bertz CT molecular complexity index is 1080. The van der Waals surface area contributed by atoms with Gasteiger partial charge in [0.2, 0.25) is 0 Å². The quantitative estimate of drug-likeness (QED) is 0.165. The minimum absolute atomic E-state index is 0.557. The monoisotopic (exact) mass is 748 g/mol. The molecule has 0 aromatic heterocycles. The van der Waals surface area contributed by atoms with Crippen molar-refractivity contribution >= 4 is 26.2 Å². The minimum atomic E-state index is -9.18. The number of allylic oxidation sites excluding steroid dienone is 1. The Hall–Kier alpha value is -1.78. The van der Waals surface area contributed by atoms with Crippen molar-refractivity contribution in [3.8, 4) is 0 Å². The van der Waals surface area contributed by atoms with Crippen LogP contribution in [0.2, 0.25) is 0 Å². The van der Waals surface area contributed by atoms with Crippen LogP contribution in [-0.2, 0) is 0 Å². The van der Waals surface area contributed by atoms with Gasteiger partial charge in [-0.2, -0.15) is 92.2 Å². The molecule has 0 amide bonds. The average Bonchev–Trinajstić information content (AvgIpc) is 2.77. The van der Waals surface area contributed by atoms with Crippen molar-refractivity contribution in [3.63, 3.8) is 0 Å². The predicted octanol–water partition coefficient (Wildman–Crippen LogP) is 9.74. The molecule has 1 aromatic rings. The minimum Gasteiger partial charge on any atom is -0.195 e. The molecule has 0 unspecified atom stereocenters. The van der Waals surface area contributed by atoms with Gasteiger partial charge in [-0.1, -0.05) is 30.3 Å². The Labute approximate surface area is 220 Å². The summed E-state index contributed by atoms with van der Waals surface area (Å²) in [5, 5.41) is 0. The maximum Gasteiger partial charge on any atom is 0.460 e. The Kier molecular flexibility index (Phi) is 8.97. The molecule has 0 aliphatic heterocycles. The third-order valence-electron chi connectivity index (χ3n) is 4.89. The Morgan fingerprint density at radius 2 is 0.700 bits per heavy atom. The Morgan fingerprint density at radius 1 is 0.425 bits per heavy atom. The summed E-state index contributed by atoms with van der Waals surface area (Å²) in [6.07, 6.45) is -9.30. The lowest BCUT2D eigenvalue weighted by Crippen LogP contribution is -2.76. The van der Waals surface area contributed by atoms with Crippen LogP contribution in [0.5, 0.6) is 0 Å². The zero-order chi connectivity index (χ0) is 32.4. The zero-order valence-electron chi connectivity index (χ0n) is 17.8. The highest BCUT2D eigenvalue weighted by atomic mass is 127. The zero-order valence-corrected chi connectivity index (χ0v) is 19.9. The third kappa shape index (κ3) is 4.85. The van der Waals surface area contributed by atoms with Gasteiger partial charge in [0.15, 0.2) is 0 Å². The van der Waals surface area contributed by atoms with E-state index in [-0.39, 0.29) is 0 Å². The molecule has 0 nitrogen and oxygen atoms in total. The first-order valence-corrected chi connectivity index (χ1v) is 10.2. The van der Waals surface area contributed by atoms with Crippen molar-refractivity contribution < 1.29 is 92.2 Å². The van der Waals surface area contributed by atoms with E-state index in [1.807, 2.05) is 0 Å². The van der Waals surface area contributed by atoms with Crippen LogP contribution >= 0.6 is 22.6 Å². The lowest BCUT2D eigenvalue weighted by molar-refractivity contribution is -0.473. The molecule has 0 saturated heterocycles. The highest BCUT2D eigenvalue weighted by Gasteiger charge is 2.97. The van der Waals surface area contributed by atoms with Crippen LogP contribution in [0, 0.1) is 0 Å². The summed E-state index contributed by atoms with van der Waals surface area (Å²) < 4.78 is 279. The van der Waals surface area contributed by atoms with Crippen molar-refractivity contribution in [1.29, 1.82) is 0 Å². The number of benzene rings is 1. The second-order valence-corrected chi connectivity index (χ2v) is 8.74. The summed E-state index contributed by atoms with van der Waals surface area (Å²) in [6.45, 7) is 0. The SMILES string of the molecule is FC(F)(F)C(F)(F)C(F)(F)C(F)(F)C(F)(F)C(F)(F)C(F)(F)C(F)(F)C(F)(F)C(F)(F)/C=C(\I)c1ccccc1. The summed E-state index contributed by atoms with van der Waals surface area (Å²) in [4.78, 5) is 0. The lowest BCUT2D eigenvalue weighted by atomic mass is 9.86. The number of hydrogen-bond donors (Lipinski definition) is 0. The molecule has 0 heterocycles. The van der Waals surface area contributed by atoms with Gasteiger partial charge in [0, 0.05) is 9.66 Å². The molecule has 0 spiro atoms. The van der Waals surface area contributed by atoms with E-state index >= 15 is 0 Å². The van der Waals surface area contributed by atoms with Crippen LogP contribution in [-0.4, -0.2) is 59.5 Å². The second-order valence-electron chi connectivity index (χ2n) is 7.57. The number of hydrogen-bond acceptors (Lipinski definition) is 0. The van der Waals surface area contributed by atoms with Crippen molar-refractivity contribution in [2.75, 3.05) is 0 Å². The molecule has 0 radical (unpaired) electrons. The molecule has 0 N–H and O–H groups in total. The third-order valence-corrected chi connectivity index (χ3v) is 5.83. The molecule has 0 aliphatic rings. The summed E-state index contributed by atoms with van der Waals surface area (Å²) in [5.74, 6) is -77.1. The fourth-order valence-corrected chi connectivity index (χ4v) is 3.25. The van der Waals surface area contributed by atoms with Crippen LogP contribution < -0.4 is 0 Å². The van der Waals surface area contributed by atoms with E-state index in [0.29, 0.717) is 22.6 Å². The molecule has 232 valence electrons. The van der Waals surface area contributed by atoms with Crippen LogP contribution in [0.25, 0.3) is 3.58 Å². The van der Waals surface area contributed by atoms with E-state index in [1.54, 1.807) is 0 Å². The normalized spacial score (nSPS) is 16.4. The van der Waals surface area contributed by atoms with Gasteiger partial charge in [-0.15, -0.1) is 0 Å². The summed E-state index contributed by atoms with van der Waals surface area (Å²) >= 11 is 0.685. The number of halogens is 22. The molecule has 0 fully saturated rings. The molecular weight excluding hydrogens is 742 g/mol. The van der Waals surface area contributed by atoms with E-state index in [0.717, 1.165) is 24.3 Å². The summed E-state index contributed by atoms with van der Waals surface area (Å²) in [6, 6.07) is 4.77. The Balaban J connectivity index is 3.78. The topological polar surface area (TPSA) is 0 Å². The largest absolute Gasteiger partial charge is 0.460 e. The van der Waals surface area contributed by atoms with E-state index in [4.69, 9.17) is 0 Å². The van der Waals surface area contributed by atoms with Gasteiger partial charge in [0.1, 0.15) is 0 Å². The summed E-state index contributed by atoms with van der Waals surface area (Å²) in [5.41, 5.74) is -0.557. The fourth-order valence-electron chi connectivity index (χ4n) is 2.50. The molecule has 40 heavy (non-hydrogen) atoms. The van der Waals surface area contributed by atoms with Gasteiger partial charge in [-0.25, -0.2) is 0 Å². The summed E-state index contributed by atoms with van der Waals surface area (Å²) in [7, 11) is 0. The number of alkyl halides is 21. The van der Waals surface area contributed by atoms with Crippen LogP contribution in [0.1, 0.15) is 5.56 Å². The first kappa shape index (κ1) is 36.2. The molecule has 0 saturated carbocycles. The van der Waals surface area contributed by atoms with Gasteiger partial charge < -0.3 is 0 Å².